The average Bonchev–Trinajstić information content (AvgIpc) is 2.71. The first-order chi connectivity index (χ1) is 10.5. The molecule has 0 saturated carbocycles. The Hall–Kier alpha value is -1.47. The van der Waals surface area contributed by atoms with Crippen molar-refractivity contribution < 1.29 is 19.1 Å². The van der Waals surface area contributed by atoms with E-state index in [1.54, 1.807) is 12.1 Å². The molecule has 0 unspecified atom stereocenters. The Kier molecular flexibility index (Phi) is 5.52. The van der Waals surface area contributed by atoms with Crippen LogP contribution in [0.25, 0.3) is 6.08 Å². The number of imide groups is 1. The number of carbonyl (C=O) groups is 2. The minimum absolute atomic E-state index is 0.279. The van der Waals surface area contributed by atoms with E-state index in [4.69, 9.17) is 9.47 Å². The quantitative estimate of drug-likeness (QED) is 0.719. The van der Waals surface area contributed by atoms with Crippen molar-refractivity contribution in [1.82, 2.24) is 4.90 Å². The molecule has 0 spiro atoms. The molecule has 0 aromatic heterocycles. The highest BCUT2D eigenvalue weighted by Crippen LogP contribution is 2.37. The van der Waals surface area contributed by atoms with Crippen LogP contribution >= 0.6 is 27.7 Å². The lowest BCUT2D eigenvalue weighted by molar-refractivity contribution is -0.121. The van der Waals surface area contributed by atoms with Crippen molar-refractivity contribution in [2.75, 3.05) is 20.3 Å². The molecule has 0 aliphatic carbocycles. The van der Waals surface area contributed by atoms with E-state index in [0.29, 0.717) is 29.6 Å². The standard InChI is InChI=1S/C15H16BrNO4S/c1-4-20-11-8-12(21-5-2)10(16)6-9(11)7-13-14(18)17(3)15(19)22-13/h6-8H,4-5H2,1-3H3/b13-7-. The predicted octanol–water partition coefficient (Wildman–Crippen LogP) is 3.91. The zero-order valence-electron chi connectivity index (χ0n) is 12.5. The topological polar surface area (TPSA) is 55.8 Å². The second-order valence-electron chi connectivity index (χ2n) is 4.43. The van der Waals surface area contributed by atoms with Crippen LogP contribution in [0.15, 0.2) is 21.5 Å². The number of hydrogen-bond acceptors (Lipinski definition) is 5. The molecule has 7 heteroatoms. The largest absolute Gasteiger partial charge is 0.493 e. The Morgan fingerprint density at radius 3 is 2.36 bits per heavy atom. The van der Waals surface area contributed by atoms with Crippen molar-refractivity contribution in [3.8, 4) is 11.5 Å². The Morgan fingerprint density at radius 1 is 1.18 bits per heavy atom. The molecule has 1 aliphatic heterocycles. The average molecular weight is 386 g/mol. The minimum Gasteiger partial charge on any atom is -0.493 e. The van der Waals surface area contributed by atoms with Gasteiger partial charge in [0.05, 0.1) is 22.6 Å². The summed E-state index contributed by atoms with van der Waals surface area (Å²) in [5, 5.41) is -0.279. The Balaban J connectivity index is 2.44. The van der Waals surface area contributed by atoms with E-state index in [1.165, 1.54) is 7.05 Å². The molecule has 2 amide bonds. The molecule has 2 rings (SSSR count). The summed E-state index contributed by atoms with van der Waals surface area (Å²) in [7, 11) is 1.47. The van der Waals surface area contributed by atoms with Crippen LogP contribution in [-0.2, 0) is 4.79 Å². The maximum absolute atomic E-state index is 12.0. The van der Waals surface area contributed by atoms with E-state index in [9.17, 15) is 9.59 Å². The Morgan fingerprint density at radius 2 is 1.82 bits per heavy atom. The number of nitrogens with zero attached hydrogens (tertiary/aromatic N) is 1. The second kappa shape index (κ2) is 7.19. The third kappa shape index (κ3) is 3.47. The molecule has 0 bridgehead atoms. The molecule has 1 fully saturated rings. The summed E-state index contributed by atoms with van der Waals surface area (Å²) in [4.78, 5) is 25.0. The first-order valence-corrected chi connectivity index (χ1v) is 8.39. The molecule has 1 aromatic carbocycles. The fourth-order valence-corrected chi connectivity index (χ4v) is 3.19. The highest BCUT2D eigenvalue weighted by Gasteiger charge is 2.32. The monoisotopic (exact) mass is 385 g/mol. The van der Waals surface area contributed by atoms with E-state index in [0.717, 1.165) is 26.7 Å². The summed E-state index contributed by atoms with van der Waals surface area (Å²) >= 11 is 4.36. The summed E-state index contributed by atoms with van der Waals surface area (Å²) < 4.78 is 11.9. The highest BCUT2D eigenvalue weighted by atomic mass is 79.9. The summed E-state index contributed by atoms with van der Waals surface area (Å²) in [6, 6.07) is 3.60. The van der Waals surface area contributed by atoms with Gasteiger partial charge in [0.25, 0.3) is 11.1 Å². The smallest absolute Gasteiger partial charge is 0.293 e. The number of ether oxygens (including phenoxy) is 2. The summed E-state index contributed by atoms with van der Waals surface area (Å²) in [6.45, 7) is 4.81. The Bertz CT molecular complexity index is 645. The van der Waals surface area contributed by atoms with Gasteiger partial charge < -0.3 is 9.47 Å². The normalized spacial score (nSPS) is 16.5. The lowest BCUT2D eigenvalue weighted by Gasteiger charge is -2.12. The van der Waals surface area contributed by atoms with E-state index in [-0.39, 0.29) is 11.1 Å². The number of rotatable bonds is 5. The van der Waals surface area contributed by atoms with Crippen LogP contribution in [0.5, 0.6) is 11.5 Å². The van der Waals surface area contributed by atoms with Crippen molar-refractivity contribution in [2.24, 2.45) is 0 Å². The van der Waals surface area contributed by atoms with Crippen LogP contribution in [0.4, 0.5) is 4.79 Å². The maximum atomic E-state index is 12.0. The van der Waals surface area contributed by atoms with Gasteiger partial charge in [0.2, 0.25) is 0 Å². The molecule has 0 atom stereocenters. The predicted molar refractivity (Wildman–Crippen MR) is 90.2 cm³/mol. The van der Waals surface area contributed by atoms with E-state index in [2.05, 4.69) is 15.9 Å². The lowest BCUT2D eigenvalue weighted by Crippen LogP contribution is -2.22. The van der Waals surface area contributed by atoms with Gasteiger partial charge in [0.1, 0.15) is 11.5 Å². The Labute approximate surface area is 141 Å². The molecule has 0 N–H and O–H groups in total. The number of amides is 2. The van der Waals surface area contributed by atoms with Crippen molar-refractivity contribution in [2.45, 2.75) is 13.8 Å². The zero-order valence-corrected chi connectivity index (χ0v) is 14.9. The summed E-state index contributed by atoms with van der Waals surface area (Å²) in [6.07, 6.45) is 1.67. The van der Waals surface area contributed by atoms with Crippen molar-refractivity contribution in [3.05, 3.63) is 27.1 Å². The number of benzene rings is 1. The van der Waals surface area contributed by atoms with E-state index in [1.807, 2.05) is 19.9 Å². The first kappa shape index (κ1) is 16.9. The molecule has 1 heterocycles. The van der Waals surface area contributed by atoms with Crippen LogP contribution in [0.1, 0.15) is 19.4 Å². The number of halogens is 1. The third-order valence-corrected chi connectivity index (χ3v) is 4.52. The number of thioether (sulfide) groups is 1. The van der Waals surface area contributed by atoms with Gasteiger partial charge in [-0.15, -0.1) is 0 Å². The molecule has 1 aromatic rings. The number of hydrogen-bond donors (Lipinski definition) is 0. The summed E-state index contributed by atoms with van der Waals surface area (Å²) in [5.74, 6) is 0.978. The van der Waals surface area contributed by atoms with Crippen LogP contribution < -0.4 is 9.47 Å². The molecule has 22 heavy (non-hydrogen) atoms. The molecule has 1 aliphatic rings. The van der Waals surface area contributed by atoms with E-state index < -0.39 is 0 Å². The highest BCUT2D eigenvalue weighted by molar-refractivity contribution is 9.10. The van der Waals surface area contributed by atoms with Crippen LogP contribution in [0, 0.1) is 0 Å². The van der Waals surface area contributed by atoms with E-state index >= 15 is 0 Å². The minimum atomic E-state index is -0.303. The first-order valence-electron chi connectivity index (χ1n) is 6.78. The van der Waals surface area contributed by atoms with Crippen LogP contribution in [-0.4, -0.2) is 36.3 Å². The fraction of sp³-hybridized carbons (Fsp3) is 0.333. The number of likely N-dealkylation sites (N-methyl/N-ethyl adjacent to an activating group) is 1. The third-order valence-electron chi connectivity index (χ3n) is 2.94. The molecule has 1 saturated heterocycles. The second-order valence-corrected chi connectivity index (χ2v) is 6.27. The molecular formula is C15H16BrNO4S. The fourth-order valence-electron chi connectivity index (χ4n) is 1.90. The van der Waals surface area contributed by atoms with Crippen molar-refractivity contribution in [1.29, 1.82) is 0 Å². The van der Waals surface area contributed by atoms with Gasteiger partial charge in [0.15, 0.2) is 0 Å². The number of carbonyl (C=O) groups excluding carboxylic acids is 2. The van der Waals surface area contributed by atoms with Crippen molar-refractivity contribution in [3.63, 3.8) is 0 Å². The van der Waals surface area contributed by atoms with Gasteiger partial charge in [-0.2, -0.15) is 0 Å². The maximum Gasteiger partial charge on any atom is 0.293 e. The SMILES string of the molecule is CCOc1cc(OCC)c(/C=C2\SC(=O)N(C)C2=O)cc1Br. The van der Waals surface area contributed by atoms with Gasteiger partial charge in [-0.3, -0.25) is 14.5 Å². The van der Waals surface area contributed by atoms with Gasteiger partial charge in [-0.25, -0.2) is 0 Å². The molecule has 118 valence electrons. The van der Waals surface area contributed by atoms with Gasteiger partial charge in [0, 0.05) is 18.7 Å². The zero-order chi connectivity index (χ0) is 16.3. The van der Waals surface area contributed by atoms with Crippen molar-refractivity contribution >= 4 is 44.9 Å². The molecule has 0 radical (unpaired) electrons. The molecule has 5 nitrogen and oxygen atoms in total. The van der Waals surface area contributed by atoms with Gasteiger partial charge in [-0.05, 0) is 53.7 Å². The van der Waals surface area contributed by atoms with Crippen LogP contribution in [0.2, 0.25) is 0 Å². The van der Waals surface area contributed by atoms with Gasteiger partial charge >= 0.3 is 0 Å². The van der Waals surface area contributed by atoms with Crippen LogP contribution in [0.3, 0.4) is 0 Å². The lowest BCUT2D eigenvalue weighted by atomic mass is 10.1. The summed E-state index contributed by atoms with van der Waals surface area (Å²) in [5.41, 5.74) is 0.719. The van der Waals surface area contributed by atoms with Gasteiger partial charge in [-0.1, -0.05) is 0 Å². The molecular weight excluding hydrogens is 370 g/mol.